The average molecular weight is 345 g/mol. The van der Waals surface area contributed by atoms with Gasteiger partial charge < -0.3 is 5.32 Å². The highest BCUT2D eigenvalue weighted by atomic mass is 32.2. The zero-order chi connectivity index (χ0) is 17.7. The van der Waals surface area contributed by atoms with Crippen LogP contribution in [0.15, 0.2) is 59.5 Å². The molecule has 2 aromatic rings. The molecular weight excluding hydrogens is 322 g/mol. The van der Waals surface area contributed by atoms with E-state index in [0.717, 1.165) is 18.2 Å². The van der Waals surface area contributed by atoms with Crippen LogP contribution >= 0.6 is 0 Å². The van der Waals surface area contributed by atoms with Crippen LogP contribution in [0.3, 0.4) is 0 Å². The van der Waals surface area contributed by atoms with Crippen molar-refractivity contribution in [2.24, 2.45) is 5.92 Å². The number of sulfone groups is 1. The first-order valence-electron chi connectivity index (χ1n) is 7.93. The predicted octanol–water partition coefficient (Wildman–Crippen LogP) is 3.61. The Bertz CT molecular complexity index is 798. The molecule has 2 aromatic carbocycles. The number of carbonyl (C=O) groups is 1. The molecular formula is C19H23NO3S. The second-order valence-corrected chi connectivity index (χ2v) is 8.38. The normalized spacial score (nSPS) is 12.8. The van der Waals surface area contributed by atoms with Crippen LogP contribution in [0.5, 0.6) is 0 Å². The van der Waals surface area contributed by atoms with Crippen LogP contribution in [-0.2, 0) is 9.84 Å². The monoisotopic (exact) mass is 345 g/mol. The Morgan fingerprint density at radius 2 is 1.71 bits per heavy atom. The minimum Gasteiger partial charge on any atom is -0.345 e. The molecule has 2 rings (SSSR count). The van der Waals surface area contributed by atoms with Crippen molar-refractivity contribution in [1.29, 1.82) is 0 Å². The molecule has 0 bridgehead atoms. The fourth-order valence-corrected chi connectivity index (χ4v) is 3.21. The standard InChI is InChI=1S/C19H23NO3S/c1-14(2)12-18(15-8-5-4-6-9-15)20-19(21)16-10-7-11-17(13-16)24(3,22)23/h4-11,13-14,18H,12H2,1-3H3,(H,20,21)/t18-/m0/s1. The topological polar surface area (TPSA) is 63.2 Å². The van der Waals surface area contributed by atoms with Crippen molar-refractivity contribution in [2.75, 3.05) is 6.26 Å². The first kappa shape index (κ1) is 18.2. The Balaban J connectivity index is 2.25. The number of nitrogens with one attached hydrogen (secondary N) is 1. The summed E-state index contributed by atoms with van der Waals surface area (Å²) in [6, 6.07) is 15.8. The molecule has 1 N–H and O–H groups in total. The summed E-state index contributed by atoms with van der Waals surface area (Å²) in [6.45, 7) is 4.21. The van der Waals surface area contributed by atoms with Gasteiger partial charge >= 0.3 is 0 Å². The van der Waals surface area contributed by atoms with Crippen molar-refractivity contribution in [2.45, 2.75) is 31.2 Å². The Morgan fingerprint density at radius 1 is 1.04 bits per heavy atom. The lowest BCUT2D eigenvalue weighted by Gasteiger charge is -2.21. The molecule has 5 heteroatoms. The Kier molecular flexibility index (Phi) is 5.78. The van der Waals surface area contributed by atoms with Crippen molar-refractivity contribution in [3.05, 3.63) is 65.7 Å². The van der Waals surface area contributed by atoms with E-state index in [4.69, 9.17) is 0 Å². The SMILES string of the molecule is CC(C)C[C@H](NC(=O)c1cccc(S(C)(=O)=O)c1)c1ccccc1. The smallest absolute Gasteiger partial charge is 0.251 e. The van der Waals surface area contributed by atoms with E-state index in [9.17, 15) is 13.2 Å². The summed E-state index contributed by atoms with van der Waals surface area (Å²) in [5.41, 5.74) is 1.39. The fourth-order valence-electron chi connectivity index (χ4n) is 2.54. The van der Waals surface area contributed by atoms with Gasteiger partial charge in [0.05, 0.1) is 10.9 Å². The van der Waals surface area contributed by atoms with E-state index in [2.05, 4.69) is 19.2 Å². The summed E-state index contributed by atoms with van der Waals surface area (Å²) >= 11 is 0. The number of rotatable bonds is 6. The summed E-state index contributed by atoms with van der Waals surface area (Å²) in [7, 11) is -3.34. The van der Waals surface area contributed by atoms with E-state index in [0.29, 0.717) is 11.5 Å². The predicted molar refractivity (Wildman–Crippen MR) is 95.7 cm³/mol. The highest BCUT2D eigenvalue weighted by Crippen LogP contribution is 2.22. The Hall–Kier alpha value is -2.14. The van der Waals surface area contributed by atoms with Gasteiger partial charge in [-0.25, -0.2) is 8.42 Å². The zero-order valence-corrected chi connectivity index (χ0v) is 15.0. The molecule has 0 aliphatic heterocycles. The Morgan fingerprint density at radius 3 is 2.29 bits per heavy atom. The van der Waals surface area contributed by atoms with Crippen LogP contribution in [0.2, 0.25) is 0 Å². The molecule has 0 aliphatic rings. The van der Waals surface area contributed by atoms with Gasteiger partial charge in [0.25, 0.3) is 5.91 Å². The summed E-state index contributed by atoms with van der Waals surface area (Å²) < 4.78 is 23.3. The Labute approximate surface area is 143 Å². The van der Waals surface area contributed by atoms with Gasteiger partial charge in [-0.15, -0.1) is 0 Å². The molecule has 24 heavy (non-hydrogen) atoms. The van der Waals surface area contributed by atoms with Gasteiger partial charge in [-0.3, -0.25) is 4.79 Å². The lowest BCUT2D eigenvalue weighted by atomic mass is 9.96. The molecule has 1 atom stereocenters. The van der Waals surface area contributed by atoms with Crippen molar-refractivity contribution in [3.63, 3.8) is 0 Å². The van der Waals surface area contributed by atoms with Gasteiger partial charge in [-0.2, -0.15) is 0 Å². The third-order valence-electron chi connectivity index (χ3n) is 3.74. The third kappa shape index (κ3) is 4.93. The number of hydrogen-bond acceptors (Lipinski definition) is 3. The summed E-state index contributed by atoms with van der Waals surface area (Å²) in [5, 5.41) is 3.03. The maximum Gasteiger partial charge on any atom is 0.251 e. The quantitative estimate of drug-likeness (QED) is 0.870. The number of amides is 1. The molecule has 0 saturated carbocycles. The first-order valence-corrected chi connectivity index (χ1v) is 9.82. The van der Waals surface area contributed by atoms with Gasteiger partial charge in [-0.05, 0) is 36.1 Å². The molecule has 0 aromatic heterocycles. The van der Waals surface area contributed by atoms with Gasteiger partial charge in [-0.1, -0.05) is 50.2 Å². The molecule has 0 heterocycles. The number of benzene rings is 2. The van der Waals surface area contributed by atoms with Gasteiger partial charge in [0.2, 0.25) is 0 Å². The van der Waals surface area contributed by atoms with E-state index in [1.165, 1.54) is 12.1 Å². The molecule has 0 spiro atoms. The fraction of sp³-hybridized carbons (Fsp3) is 0.316. The highest BCUT2D eigenvalue weighted by molar-refractivity contribution is 7.90. The van der Waals surface area contributed by atoms with Crippen LogP contribution in [0.25, 0.3) is 0 Å². The zero-order valence-electron chi connectivity index (χ0n) is 14.2. The van der Waals surface area contributed by atoms with Gasteiger partial charge in [0.1, 0.15) is 0 Å². The van der Waals surface area contributed by atoms with Crippen LogP contribution in [0, 0.1) is 5.92 Å². The van der Waals surface area contributed by atoms with E-state index in [-0.39, 0.29) is 16.8 Å². The molecule has 4 nitrogen and oxygen atoms in total. The molecule has 128 valence electrons. The maximum atomic E-state index is 12.6. The molecule has 0 fully saturated rings. The van der Waals surface area contributed by atoms with Crippen LogP contribution in [0.1, 0.15) is 42.2 Å². The second kappa shape index (κ2) is 7.62. The van der Waals surface area contributed by atoms with Gasteiger partial charge in [0.15, 0.2) is 9.84 Å². The molecule has 0 aliphatic carbocycles. The maximum absolute atomic E-state index is 12.6. The molecule has 1 amide bonds. The average Bonchev–Trinajstić information content (AvgIpc) is 2.54. The lowest BCUT2D eigenvalue weighted by Crippen LogP contribution is -2.29. The first-order chi connectivity index (χ1) is 11.3. The number of hydrogen-bond donors (Lipinski definition) is 1. The van der Waals surface area contributed by atoms with Crippen molar-refractivity contribution in [1.82, 2.24) is 5.32 Å². The minimum atomic E-state index is -3.34. The van der Waals surface area contributed by atoms with Crippen molar-refractivity contribution in [3.8, 4) is 0 Å². The highest BCUT2D eigenvalue weighted by Gasteiger charge is 2.18. The van der Waals surface area contributed by atoms with E-state index < -0.39 is 9.84 Å². The van der Waals surface area contributed by atoms with Crippen molar-refractivity contribution >= 4 is 15.7 Å². The molecule has 0 saturated heterocycles. The third-order valence-corrected chi connectivity index (χ3v) is 4.85. The van der Waals surface area contributed by atoms with Crippen molar-refractivity contribution < 1.29 is 13.2 Å². The van der Waals surface area contributed by atoms with E-state index in [1.807, 2.05) is 30.3 Å². The van der Waals surface area contributed by atoms with E-state index in [1.54, 1.807) is 12.1 Å². The molecule has 0 radical (unpaired) electrons. The second-order valence-electron chi connectivity index (χ2n) is 6.37. The van der Waals surface area contributed by atoms with Crippen LogP contribution < -0.4 is 5.32 Å². The summed E-state index contributed by atoms with van der Waals surface area (Å²) in [5.74, 6) is 0.146. The summed E-state index contributed by atoms with van der Waals surface area (Å²) in [4.78, 5) is 12.7. The largest absolute Gasteiger partial charge is 0.345 e. The van der Waals surface area contributed by atoms with E-state index >= 15 is 0 Å². The minimum absolute atomic E-state index is 0.111. The lowest BCUT2D eigenvalue weighted by molar-refractivity contribution is 0.0931. The summed E-state index contributed by atoms with van der Waals surface area (Å²) in [6.07, 6.45) is 1.94. The van der Waals surface area contributed by atoms with Crippen LogP contribution in [0.4, 0.5) is 0 Å². The molecule has 0 unspecified atom stereocenters. The van der Waals surface area contributed by atoms with Crippen LogP contribution in [-0.4, -0.2) is 20.6 Å². The van der Waals surface area contributed by atoms with Gasteiger partial charge in [0, 0.05) is 11.8 Å². The number of carbonyl (C=O) groups excluding carboxylic acids is 1.